The number of nitrogens with zero attached hydrogens (tertiary/aromatic N) is 3. The van der Waals surface area contributed by atoms with E-state index in [1.54, 1.807) is 10.6 Å². The number of carbonyl (C=O) groups excluding carboxylic acids is 1. The molecule has 0 amide bonds. The topological polar surface area (TPSA) is 56.9 Å². The lowest BCUT2D eigenvalue weighted by molar-refractivity contribution is 0.0970. The molecule has 1 aromatic carbocycles. The zero-order valence-electron chi connectivity index (χ0n) is 14.0. The molecule has 7 heteroatoms. The second-order valence-electron chi connectivity index (χ2n) is 5.84. The van der Waals surface area contributed by atoms with Crippen molar-refractivity contribution in [1.82, 2.24) is 14.1 Å². The molecule has 5 nitrogen and oxygen atoms in total. The largest absolute Gasteiger partial charge is 0.304 e. The van der Waals surface area contributed by atoms with Gasteiger partial charge in [-0.3, -0.25) is 14.2 Å². The number of rotatable bonds is 5. The molecule has 2 aromatic heterocycles. The van der Waals surface area contributed by atoms with E-state index in [0.717, 1.165) is 11.1 Å². The lowest BCUT2D eigenvalue weighted by atomic mass is 10.0. The summed E-state index contributed by atoms with van der Waals surface area (Å²) >= 11 is 6.51. The van der Waals surface area contributed by atoms with Crippen LogP contribution in [0.5, 0.6) is 0 Å². The molecular weight excluding hydrogens is 354 g/mol. The van der Waals surface area contributed by atoms with Gasteiger partial charge in [0, 0.05) is 12.1 Å². The molecule has 0 aliphatic carbocycles. The Labute approximate surface area is 153 Å². The molecule has 0 N–H and O–H groups in total. The number of carbonyl (C=O) groups is 1. The van der Waals surface area contributed by atoms with Crippen LogP contribution in [-0.2, 0) is 13.1 Å². The van der Waals surface area contributed by atoms with Gasteiger partial charge >= 0.3 is 0 Å². The number of hydrogen-bond donors (Lipinski definition) is 0. The second kappa shape index (κ2) is 6.85. The maximum atomic E-state index is 12.7. The van der Waals surface area contributed by atoms with E-state index in [4.69, 9.17) is 12.2 Å². The third-order valence-electron chi connectivity index (χ3n) is 3.96. The standard InChI is InChI=1S/C18H17N3O2S2/c1-4-7-21-16-15(25-18(21)24)17(23)20(10-19-16)9-14(22)13-8-11(2)5-6-12(13)3/h4-6,8,10H,1,7,9H2,2-3H3. The predicted octanol–water partition coefficient (Wildman–Crippen LogP) is 3.67. The minimum atomic E-state index is -0.248. The van der Waals surface area contributed by atoms with Crippen LogP contribution in [0.3, 0.4) is 0 Å². The van der Waals surface area contributed by atoms with Crippen molar-refractivity contribution in [2.24, 2.45) is 0 Å². The molecule has 0 bridgehead atoms. The molecule has 0 unspecified atom stereocenters. The summed E-state index contributed by atoms with van der Waals surface area (Å²) in [7, 11) is 0. The summed E-state index contributed by atoms with van der Waals surface area (Å²) in [6.45, 7) is 7.97. The number of hydrogen-bond acceptors (Lipinski definition) is 5. The van der Waals surface area contributed by atoms with Crippen molar-refractivity contribution < 1.29 is 4.79 Å². The van der Waals surface area contributed by atoms with Gasteiger partial charge in [0.1, 0.15) is 11.0 Å². The van der Waals surface area contributed by atoms with Crippen LogP contribution in [0.1, 0.15) is 21.5 Å². The minimum Gasteiger partial charge on any atom is -0.304 e. The van der Waals surface area contributed by atoms with Crippen molar-refractivity contribution >= 4 is 39.7 Å². The van der Waals surface area contributed by atoms with Crippen LogP contribution in [0.25, 0.3) is 10.3 Å². The fourth-order valence-corrected chi connectivity index (χ4v) is 3.97. The first-order valence-corrected chi connectivity index (χ1v) is 8.95. The van der Waals surface area contributed by atoms with E-state index in [2.05, 4.69) is 11.6 Å². The van der Waals surface area contributed by atoms with Crippen molar-refractivity contribution in [3.8, 4) is 0 Å². The Hall–Kier alpha value is -2.38. The van der Waals surface area contributed by atoms with Crippen LogP contribution in [-0.4, -0.2) is 19.9 Å². The van der Waals surface area contributed by atoms with E-state index in [0.29, 0.717) is 26.4 Å². The number of Topliss-reactive ketones (excluding diaryl/α,β-unsaturated/α-hetero) is 1. The van der Waals surface area contributed by atoms with E-state index >= 15 is 0 Å². The Kier molecular flexibility index (Phi) is 4.78. The first-order valence-electron chi connectivity index (χ1n) is 7.72. The molecule has 0 fully saturated rings. The number of ketones is 1. The quantitative estimate of drug-likeness (QED) is 0.390. The van der Waals surface area contributed by atoms with Crippen LogP contribution in [0.15, 0.2) is 42.0 Å². The first kappa shape index (κ1) is 17.4. The predicted molar refractivity (Wildman–Crippen MR) is 103 cm³/mol. The van der Waals surface area contributed by atoms with E-state index in [1.807, 2.05) is 32.0 Å². The van der Waals surface area contributed by atoms with E-state index in [1.165, 1.54) is 22.2 Å². The number of benzene rings is 1. The highest BCUT2D eigenvalue weighted by Gasteiger charge is 2.15. The van der Waals surface area contributed by atoms with Gasteiger partial charge in [-0.25, -0.2) is 4.98 Å². The molecule has 3 aromatic rings. The summed E-state index contributed by atoms with van der Waals surface area (Å²) in [5, 5.41) is 0. The van der Waals surface area contributed by atoms with Crippen LogP contribution < -0.4 is 5.56 Å². The molecule has 0 saturated carbocycles. The third-order valence-corrected chi connectivity index (χ3v) is 5.39. The summed E-state index contributed by atoms with van der Waals surface area (Å²) in [4.78, 5) is 29.7. The van der Waals surface area contributed by atoms with E-state index in [-0.39, 0.29) is 17.9 Å². The molecule has 128 valence electrons. The number of allylic oxidation sites excluding steroid dienone is 1. The van der Waals surface area contributed by atoms with Crippen molar-refractivity contribution in [2.45, 2.75) is 26.9 Å². The van der Waals surface area contributed by atoms with Gasteiger partial charge in [-0.2, -0.15) is 0 Å². The van der Waals surface area contributed by atoms with Crippen molar-refractivity contribution in [3.05, 3.63) is 68.2 Å². The SMILES string of the molecule is C=CCn1c(=S)sc2c(=O)n(CC(=O)c3cc(C)ccc3C)cnc21. The number of thiazole rings is 1. The molecule has 0 aliphatic rings. The Balaban J connectivity index is 2.02. The molecule has 2 heterocycles. The Morgan fingerprint density at radius 3 is 2.88 bits per heavy atom. The van der Waals surface area contributed by atoms with Gasteiger partial charge in [0.05, 0.1) is 6.54 Å². The Bertz CT molecular complexity index is 1110. The molecule has 0 spiro atoms. The maximum absolute atomic E-state index is 12.7. The average molecular weight is 371 g/mol. The normalized spacial score (nSPS) is 11.0. The molecule has 0 aliphatic heterocycles. The average Bonchev–Trinajstić information content (AvgIpc) is 2.89. The van der Waals surface area contributed by atoms with Crippen LogP contribution in [0.2, 0.25) is 0 Å². The summed E-state index contributed by atoms with van der Waals surface area (Å²) in [6.07, 6.45) is 3.12. The molecule has 0 saturated heterocycles. The Morgan fingerprint density at radius 1 is 1.40 bits per heavy atom. The van der Waals surface area contributed by atoms with Gasteiger partial charge in [0.2, 0.25) is 0 Å². The lowest BCUT2D eigenvalue weighted by Crippen LogP contribution is -2.24. The smallest absolute Gasteiger partial charge is 0.273 e. The van der Waals surface area contributed by atoms with Crippen molar-refractivity contribution in [2.75, 3.05) is 0 Å². The van der Waals surface area contributed by atoms with Gasteiger partial charge in [-0.05, 0) is 37.7 Å². The number of fused-ring (bicyclic) bond motifs is 1. The number of aryl methyl sites for hydroxylation is 2. The second-order valence-corrected chi connectivity index (χ2v) is 7.48. The van der Waals surface area contributed by atoms with E-state index < -0.39 is 0 Å². The van der Waals surface area contributed by atoms with Crippen LogP contribution in [0, 0.1) is 17.8 Å². The summed E-state index contributed by atoms with van der Waals surface area (Å²) in [5.41, 5.74) is 2.82. The molecule has 25 heavy (non-hydrogen) atoms. The van der Waals surface area contributed by atoms with Crippen molar-refractivity contribution in [3.63, 3.8) is 0 Å². The fourth-order valence-electron chi connectivity index (χ4n) is 2.65. The minimum absolute atomic E-state index is 0.0435. The highest BCUT2D eigenvalue weighted by Crippen LogP contribution is 2.18. The highest BCUT2D eigenvalue weighted by molar-refractivity contribution is 7.73. The van der Waals surface area contributed by atoms with Gasteiger partial charge in [0.15, 0.2) is 15.4 Å². The van der Waals surface area contributed by atoms with Crippen LogP contribution >= 0.6 is 23.6 Å². The van der Waals surface area contributed by atoms with Gasteiger partial charge in [0.25, 0.3) is 5.56 Å². The maximum Gasteiger partial charge on any atom is 0.273 e. The monoisotopic (exact) mass is 371 g/mol. The third kappa shape index (κ3) is 3.25. The zero-order chi connectivity index (χ0) is 18.1. The van der Waals surface area contributed by atoms with Crippen LogP contribution in [0.4, 0.5) is 0 Å². The molecule has 3 rings (SSSR count). The first-order chi connectivity index (χ1) is 11.9. The van der Waals surface area contributed by atoms with E-state index in [9.17, 15) is 9.59 Å². The molecule has 0 radical (unpaired) electrons. The highest BCUT2D eigenvalue weighted by atomic mass is 32.1. The zero-order valence-corrected chi connectivity index (χ0v) is 15.6. The van der Waals surface area contributed by atoms with Gasteiger partial charge in [-0.1, -0.05) is 35.1 Å². The summed E-state index contributed by atoms with van der Waals surface area (Å²) in [6, 6.07) is 5.72. The summed E-state index contributed by atoms with van der Waals surface area (Å²) < 4.78 is 4.14. The number of aromatic nitrogens is 3. The molecular formula is C18H17N3O2S2. The lowest BCUT2D eigenvalue weighted by Gasteiger charge is -2.08. The van der Waals surface area contributed by atoms with Crippen molar-refractivity contribution in [1.29, 1.82) is 0 Å². The Morgan fingerprint density at radius 2 is 2.16 bits per heavy atom. The molecule has 0 atom stereocenters. The fraction of sp³-hybridized carbons (Fsp3) is 0.222. The summed E-state index contributed by atoms with van der Waals surface area (Å²) in [5.74, 6) is -0.112. The van der Waals surface area contributed by atoms with Gasteiger partial charge in [-0.15, -0.1) is 6.58 Å². The van der Waals surface area contributed by atoms with Gasteiger partial charge < -0.3 is 4.57 Å².